The summed E-state index contributed by atoms with van der Waals surface area (Å²) in [7, 11) is 3.74. The molecule has 5 heteroatoms. The summed E-state index contributed by atoms with van der Waals surface area (Å²) in [5, 5.41) is 0. The summed E-state index contributed by atoms with van der Waals surface area (Å²) >= 11 is 0. The van der Waals surface area contributed by atoms with Gasteiger partial charge in [-0.1, -0.05) is 18.2 Å². The van der Waals surface area contributed by atoms with Gasteiger partial charge in [0.1, 0.15) is 5.75 Å². The molecule has 1 aromatic heterocycles. The zero-order valence-electron chi connectivity index (χ0n) is 12.1. The van der Waals surface area contributed by atoms with Gasteiger partial charge in [0.05, 0.1) is 7.11 Å². The highest BCUT2D eigenvalue weighted by Gasteiger charge is 2.25. The van der Waals surface area contributed by atoms with Crippen LogP contribution < -0.4 is 10.3 Å². The van der Waals surface area contributed by atoms with Crippen molar-refractivity contribution in [2.24, 2.45) is 0 Å². The third-order valence-electron chi connectivity index (χ3n) is 3.85. The average Bonchev–Trinajstić information content (AvgIpc) is 2.46. The average molecular weight is 307 g/mol. The Bertz CT molecular complexity index is 667. The SMILES string of the molecule is COc1ccc(C2CN(C)Cc3[nH]c(=O)ccc32)cc1.Cl. The van der Waals surface area contributed by atoms with Gasteiger partial charge in [-0.2, -0.15) is 0 Å². The Morgan fingerprint density at radius 1 is 1.19 bits per heavy atom. The number of halogens is 1. The second-order valence-corrected chi connectivity index (χ2v) is 5.28. The molecule has 0 spiro atoms. The number of pyridine rings is 1. The number of hydrogen-bond acceptors (Lipinski definition) is 3. The predicted octanol–water partition coefficient (Wildman–Crippen LogP) is 2.38. The van der Waals surface area contributed by atoms with Crippen LogP contribution in [0.15, 0.2) is 41.2 Å². The minimum atomic E-state index is -0.0347. The molecule has 0 fully saturated rings. The maximum atomic E-state index is 11.5. The molecule has 0 radical (unpaired) electrons. The zero-order valence-corrected chi connectivity index (χ0v) is 12.9. The van der Waals surface area contributed by atoms with Gasteiger partial charge >= 0.3 is 0 Å². The molecular weight excluding hydrogens is 288 g/mol. The summed E-state index contributed by atoms with van der Waals surface area (Å²) in [5.41, 5.74) is 3.44. The first-order chi connectivity index (χ1) is 9.67. The molecule has 0 amide bonds. The molecule has 1 aliphatic heterocycles. The molecule has 1 N–H and O–H groups in total. The van der Waals surface area contributed by atoms with Crippen molar-refractivity contribution in [1.82, 2.24) is 9.88 Å². The van der Waals surface area contributed by atoms with E-state index in [4.69, 9.17) is 4.74 Å². The Labute approximate surface area is 130 Å². The number of H-pyrrole nitrogens is 1. The van der Waals surface area contributed by atoms with Crippen LogP contribution in [-0.4, -0.2) is 30.6 Å². The molecule has 0 aliphatic carbocycles. The molecule has 112 valence electrons. The van der Waals surface area contributed by atoms with E-state index in [0.29, 0.717) is 0 Å². The number of rotatable bonds is 2. The summed E-state index contributed by atoms with van der Waals surface area (Å²) in [5.74, 6) is 1.14. The van der Waals surface area contributed by atoms with Gasteiger partial charge in [0.2, 0.25) is 5.56 Å². The van der Waals surface area contributed by atoms with E-state index < -0.39 is 0 Å². The van der Waals surface area contributed by atoms with Crippen molar-refractivity contribution < 1.29 is 4.74 Å². The number of aromatic amines is 1. The lowest BCUT2D eigenvalue weighted by atomic mass is 9.87. The lowest BCUT2D eigenvalue weighted by molar-refractivity contribution is 0.289. The van der Waals surface area contributed by atoms with Gasteiger partial charge in [0.25, 0.3) is 0 Å². The molecule has 0 bridgehead atoms. The number of methoxy groups -OCH3 is 1. The summed E-state index contributed by atoms with van der Waals surface area (Å²) in [6, 6.07) is 11.7. The summed E-state index contributed by atoms with van der Waals surface area (Å²) in [4.78, 5) is 16.7. The standard InChI is InChI=1S/C16H18N2O2.ClH/c1-18-9-14(11-3-5-12(20-2)6-4-11)13-7-8-16(19)17-15(13)10-18;/h3-8,14H,9-10H2,1-2H3,(H,17,19);1H. The van der Waals surface area contributed by atoms with Crippen molar-refractivity contribution in [3.8, 4) is 5.75 Å². The van der Waals surface area contributed by atoms with Crippen LogP contribution in [0.4, 0.5) is 0 Å². The van der Waals surface area contributed by atoms with Gasteiger partial charge in [-0.05, 0) is 30.3 Å². The van der Waals surface area contributed by atoms with Crippen LogP contribution in [0, 0.1) is 0 Å². The summed E-state index contributed by atoms with van der Waals surface area (Å²) in [6.07, 6.45) is 0. The van der Waals surface area contributed by atoms with E-state index in [9.17, 15) is 4.79 Å². The van der Waals surface area contributed by atoms with E-state index in [-0.39, 0.29) is 23.9 Å². The molecule has 0 saturated carbocycles. The smallest absolute Gasteiger partial charge is 0.248 e. The fourth-order valence-corrected chi connectivity index (χ4v) is 2.85. The van der Waals surface area contributed by atoms with E-state index in [0.717, 1.165) is 24.5 Å². The zero-order chi connectivity index (χ0) is 14.1. The van der Waals surface area contributed by atoms with Crippen LogP contribution in [0.3, 0.4) is 0 Å². The van der Waals surface area contributed by atoms with Gasteiger partial charge in [0.15, 0.2) is 0 Å². The summed E-state index contributed by atoms with van der Waals surface area (Å²) < 4.78 is 5.20. The molecule has 2 heterocycles. The quantitative estimate of drug-likeness (QED) is 0.926. The lowest BCUT2D eigenvalue weighted by Crippen LogP contribution is -2.33. The maximum absolute atomic E-state index is 11.5. The fourth-order valence-electron chi connectivity index (χ4n) is 2.85. The normalized spacial score (nSPS) is 17.7. The minimum Gasteiger partial charge on any atom is -0.497 e. The second kappa shape index (κ2) is 6.33. The number of hydrogen-bond donors (Lipinski definition) is 1. The van der Waals surface area contributed by atoms with Crippen molar-refractivity contribution in [3.05, 3.63) is 63.6 Å². The first kappa shape index (κ1) is 15.6. The van der Waals surface area contributed by atoms with E-state index in [2.05, 4.69) is 29.1 Å². The lowest BCUT2D eigenvalue weighted by Gasteiger charge is -2.32. The van der Waals surface area contributed by atoms with E-state index in [1.807, 2.05) is 18.2 Å². The van der Waals surface area contributed by atoms with Gasteiger partial charge < -0.3 is 9.72 Å². The molecular formula is C16H19ClN2O2. The van der Waals surface area contributed by atoms with Crippen LogP contribution in [0.5, 0.6) is 5.75 Å². The molecule has 2 aromatic rings. The largest absolute Gasteiger partial charge is 0.497 e. The maximum Gasteiger partial charge on any atom is 0.248 e. The molecule has 1 unspecified atom stereocenters. The molecule has 3 rings (SSSR count). The van der Waals surface area contributed by atoms with Crippen molar-refractivity contribution in [2.75, 3.05) is 20.7 Å². The topological polar surface area (TPSA) is 45.3 Å². The Balaban J connectivity index is 0.00000161. The Morgan fingerprint density at radius 2 is 1.90 bits per heavy atom. The third-order valence-corrected chi connectivity index (χ3v) is 3.85. The highest BCUT2D eigenvalue weighted by Crippen LogP contribution is 2.32. The highest BCUT2D eigenvalue weighted by molar-refractivity contribution is 5.85. The van der Waals surface area contributed by atoms with Crippen molar-refractivity contribution in [1.29, 1.82) is 0 Å². The fraction of sp³-hybridized carbons (Fsp3) is 0.312. The van der Waals surface area contributed by atoms with Gasteiger partial charge in [-0.25, -0.2) is 0 Å². The first-order valence-electron chi connectivity index (χ1n) is 6.72. The van der Waals surface area contributed by atoms with Crippen LogP contribution in [0.2, 0.25) is 0 Å². The number of benzene rings is 1. The van der Waals surface area contributed by atoms with Crippen molar-refractivity contribution in [2.45, 2.75) is 12.5 Å². The molecule has 0 saturated heterocycles. The van der Waals surface area contributed by atoms with Gasteiger partial charge in [-0.15, -0.1) is 12.4 Å². The number of ether oxygens (including phenoxy) is 1. The summed E-state index contributed by atoms with van der Waals surface area (Å²) in [6.45, 7) is 1.74. The van der Waals surface area contributed by atoms with Crippen molar-refractivity contribution >= 4 is 12.4 Å². The number of nitrogens with one attached hydrogen (secondary N) is 1. The van der Waals surface area contributed by atoms with E-state index >= 15 is 0 Å². The van der Waals surface area contributed by atoms with Crippen molar-refractivity contribution in [3.63, 3.8) is 0 Å². The number of fused-ring (bicyclic) bond motifs is 1. The monoisotopic (exact) mass is 306 g/mol. The van der Waals surface area contributed by atoms with Gasteiger partial charge in [0, 0.05) is 30.8 Å². The van der Waals surface area contributed by atoms with Crippen LogP contribution in [-0.2, 0) is 6.54 Å². The highest BCUT2D eigenvalue weighted by atomic mass is 35.5. The number of aromatic nitrogens is 1. The van der Waals surface area contributed by atoms with E-state index in [1.165, 1.54) is 11.1 Å². The van der Waals surface area contributed by atoms with Crippen LogP contribution in [0.1, 0.15) is 22.7 Å². The van der Waals surface area contributed by atoms with Crippen LogP contribution in [0.25, 0.3) is 0 Å². The predicted molar refractivity (Wildman–Crippen MR) is 85.5 cm³/mol. The third kappa shape index (κ3) is 3.12. The molecule has 1 atom stereocenters. The molecule has 21 heavy (non-hydrogen) atoms. The van der Waals surface area contributed by atoms with Gasteiger partial charge in [-0.3, -0.25) is 9.69 Å². The molecule has 1 aromatic carbocycles. The Morgan fingerprint density at radius 3 is 2.57 bits per heavy atom. The molecule has 4 nitrogen and oxygen atoms in total. The second-order valence-electron chi connectivity index (χ2n) is 5.28. The minimum absolute atomic E-state index is 0. The number of nitrogens with zero attached hydrogens (tertiary/aromatic N) is 1. The van der Waals surface area contributed by atoms with Crippen LogP contribution >= 0.6 is 12.4 Å². The first-order valence-corrected chi connectivity index (χ1v) is 6.72. The number of likely N-dealkylation sites (N-methyl/N-ethyl adjacent to an activating group) is 1. The molecule has 1 aliphatic rings. The van der Waals surface area contributed by atoms with E-state index in [1.54, 1.807) is 13.2 Å². The Kier molecular flexibility index (Phi) is 4.70. The Hall–Kier alpha value is -1.78.